The van der Waals surface area contributed by atoms with Gasteiger partial charge in [0.1, 0.15) is 5.75 Å². The van der Waals surface area contributed by atoms with Crippen molar-refractivity contribution in [3.8, 4) is 5.75 Å². The second kappa shape index (κ2) is 10.1. The molecule has 1 aliphatic heterocycles. The fourth-order valence-electron chi connectivity index (χ4n) is 4.76. The molecule has 0 saturated carbocycles. The normalized spacial score (nSPS) is 14.5. The molecule has 0 spiro atoms. The van der Waals surface area contributed by atoms with E-state index < -0.39 is 0 Å². The topological polar surface area (TPSA) is 44.4 Å². The third-order valence-electron chi connectivity index (χ3n) is 6.50. The van der Waals surface area contributed by atoms with Gasteiger partial charge in [-0.1, -0.05) is 36.8 Å². The Bertz CT molecular complexity index is 1200. The number of nitrogens with one attached hydrogen (secondary N) is 1. The molecule has 3 aromatic carbocycles. The van der Waals surface area contributed by atoms with Crippen LogP contribution in [0.25, 0.3) is 11.0 Å². The minimum atomic E-state index is 0.811. The Labute approximate surface area is 196 Å². The van der Waals surface area contributed by atoms with E-state index in [0.717, 1.165) is 36.4 Å². The van der Waals surface area contributed by atoms with Gasteiger partial charge in [0.25, 0.3) is 0 Å². The maximum Gasteiger partial charge on any atom is 0.119 e. The smallest absolute Gasteiger partial charge is 0.119 e. The van der Waals surface area contributed by atoms with Crippen LogP contribution in [0.4, 0.5) is 5.69 Å². The van der Waals surface area contributed by atoms with Gasteiger partial charge in [-0.25, -0.2) is 4.98 Å². The minimum absolute atomic E-state index is 0.811. The molecule has 33 heavy (non-hydrogen) atoms. The fraction of sp³-hybridized carbons (Fsp3) is 0.321. The highest BCUT2D eigenvalue weighted by atomic mass is 16.5. The van der Waals surface area contributed by atoms with Gasteiger partial charge < -0.3 is 14.6 Å². The summed E-state index contributed by atoms with van der Waals surface area (Å²) in [5.74, 6) is 0.894. The largest absolute Gasteiger partial charge is 0.497 e. The molecular formula is C28H32N4O. The summed E-state index contributed by atoms with van der Waals surface area (Å²) in [5.41, 5.74) is 7.20. The van der Waals surface area contributed by atoms with E-state index in [9.17, 15) is 0 Å². The first-order valence-corrected chi connectivity index (χ1v) is 11.9. The van der Waals surface area contributed by atoms with Gasteiger partial charge in [-0.05, 0) is 79.0 Å². The van der Waals surface area contributed by atoms with Gasteiger partial charge in [0.2, 0.25) is 0 Å². The zero-order valence-electron chi connectivity index (χ0n) is 19.3. The lowest BCUT2D eigenvalue weighted by atomic mass is 10.1. The second-order valence-electron chi connectivity index (χ2n) is 8.97. The summed E-state index contributed by atoms with van der Waals surface area (Å²) in [4.78, 5) is 12.6. The zero-order chi connectivity index (χ0) is 22.5. The van der Waals surface area contributed by atoms with Crippen LogP contribution < -0.4 is 9.64 Å². The molecule has 0 unspecified atom stereocenters. The first kappa shape index (κ1) is 21.5. The van der Waals surface area contributed by atoms with E-state index in [0.29, 0.717) is 0 Å². The Morgan fingerprint density at radius 3 is 2.52 bits per heavy atom. The molecule has 1 fully saturated rings. The Hall–Kier alpha value is -3.31. The molecule has 4 aromatic rings. The molecule has 1 saturated heterocycles. The van der Waals surface area contributed by atoms with E-state index in [1.54, 1.807) is 13.4 Å². The maximum atomic E-state index is 5.47. The van der Waals surface area contributed by atoms with Crippen LogP contribution in [0, 0.1) is 0 Å². The number of hydrogen-bond acceptors (Lipinski definition) is 4. The van der Waals surface area contributed by atoms with Gasteiger partial charge in [-0.2, -0.15) is 0 Å². The number of aromatic nitrogens is 2. The van der Waals surface area contributed by atoms with Crippen LogP contribution >= 0.6 is 0 Å². The van der Waals surface area contributed by atoms with E-state index in [1.807, 2.05) is 6.07 Å². The average Bonchev–Trinajstić information content (AvgIpc) is 3.33. The van der Waals surface area contributed by atoms with Crippen molar-refractivity contribution >= 4 is 16.7 Å². The number of anilines is 1. The van der Waals surface area contributed by atoms with Gasteiger partial charge in [-0.15, -0.1) is 0 Å². The second-order valence-corrected chi connectivity index (χ2v) is 8.97. The molecule has 5 heteroatoms. The molecule has 0 atom stereocenters. The van der Waals surface area contributed by atoms with E-state index in [1.165, 1.54) is 54.7 Å². The van der Waals surface area contributed by atoms with Crippen LogP contribution in [0.1, 0.15) is 36.0 Å². The molecule has 0 amide bonds. The van der Waals surface area contributed by atoms with Crippen molar-refractivity contribution in [2.45, 2.75) is 38.9 Å². The number of ether oxygens (including phenoxy) is 1. The number of likely N-dealkylation sites (tertiary alicyclic amines) is 1. The summed E-state index contributed by atoms with van der Waals surface area (Å²) in [5, 5.41) is 0. The number of H-pyrrole nitrogens is 1. The quantitative estimate of drug-likeness (QED) is 0.378. The van der Waals surface area contributed by atoms with Gasteiger partial charge in [-0.3, -0.25) is 4.90 Å². The molecule has 1 N–H and O–H groups in total. The van der Waals surface area contributed by atoms with Crippen LogP contribution in [0.2, 0.25) is 0 Å². The number of methoxy groups -OCH3 is 1. The molecular weight excluding hydrogens is 408 g/mol. The molecule has 5 nitrogen and oxygen atoms in total. The van der Waals surface area contributed by atoms with E-state index in [4.69, 9.17) is 4.74 Å². The van der Waals surface area contributed by atoms with Crippen molar-refractivity contribution in [2.24, 2.45) is 0 Å². The van der Waals surface area contributed by atoms with Crippen molar-refractivity contribution < 1.29 is 4.74 Å². The highest BCUT2D eigenvalue weighted by Gasteiger charge is 2.14. The average molecular weight is 441 g/mol. The summed E-state index contributed by atoms with van der Waals surface area (Å²) in [6.45, 7) is 5.08. The standard InChI is InChI=1S/C28H32N4O/c1-33-26-10-6-8-23(16-26)19-32(20-24-11-12-27-28(17-24)30-21-29-27)25-9-5-7-22(15-25)18-31-13-3-2-4-14-31/h5-12,15-17,21H,2-4,13-14,18-20H2,1H3,(H,29,30). The lowest BCUT2D eigenvalue weighted by molar-refractivity contribution is 0.221. The number of rotatable bonds is 8. The Morgan fingerprint density at radius 1 is 0.879 bits per heavy atom. The number of piperidine rings is 1. The predicted molar refractivity (Wildman–Crippen MR) is 135 cm³/mol. The van der Waals surface area contributed by atoms with Gasteiger partial charge in [0.15, 0.2) is 0 Å². The molecule has 0 bridgehead atoms. The van der Waals surface area contributed by atoms with Crippen LogP contribution in [-0.4, -0.2) is 35.1 Å². The molecule has 2 heterocycles. The molecule has 1 aliphatic rings. The van der Waals surface area contributed by atoms with Crippen LogP contribution in [0.15, 0.2) is 73.1 Å². The number of nitrogens with zero attached hydrogens (tertiary/aromatic N) is 3. The number of benzene rings is 3. The maximum absolute atomic E-state index is 5.47. The minimum Gasteiger partial charge on any atom is -0.497 e. The number of hydrogen-bond donors (Lipinski definition) is 1. The van der Waals surface area contributed by atoms with Crippen LogP contribution in [0.5, 0.6) is 5.75 Å². The molecule has 170 valence electrons. The molecule has 0 aliphatic carbocycles. The first-order chi connectivity index (χ1) is 16.3. The van der Waals surface area contributed by atoms with Crippen molar-refractivity contribution in [3.63, 3.8) is 0 Å². The van der Waals surface area contributed by atoms with Gasteiger partial charge in [0.05, 0.1) is 24.5 Å². The van der Waals surface area contributed by atoms with Crippen molar-refractivity contribution in [1.29, 1.82) is 0 Å². The van der Waals surface area contributed by atoms with E-state index in [2.05, 4.69) is 80.4 Å². The molecule has 0 radical (unpaired) electrons. The van der Waals surface area contributed by atoms with Crippen LogP contribution in [-0.2, 0) is 19.6 Å². The Balaban J connectivity index is 1.42. The molecule has 5 rings (SSSR count). The van der Waals surface area contributed by atoms with Crippen LogP contribution in [0.3, 0.4) is 0 Å². The third kappa shape index (κ3) is 5.37. The fourth-order valence-corrected chi connectivity index (χ4v) is 4.76. The monoisotopic (exact) mass is 440 g/mol. The molecule has 1 aromatic heterocycles. The Kier molecular flexibility index (Phi) is 6.58. The van der Waals surface area contributed by atoms with Gasteiger partial charge >= 0.3 is 0 Å². The number of aromatic amines is 1. The highest BCUT2D eigenvalue weighted by molar-refractivity contribution is 5.75. The SMILES string of the molecule is COc1cccc(CN(Cc2ccc3nc[nH]c3c2)c2cccc(CN3CCCCC3)c2)c1. The predicted octanol–water partition coefficient (Wildman–Crippen LogP) is 5.76. The summed E-state index contributed by atoms with van der Waals surface area (Å²) in [6, 6.07) is 23.9. The summed E-state index contributed by atoms with van der Waals surface area (Å²) < 4.78 is 5.47. The number of imidazole rings is 1. The summed E-state index contributed by atoms with van der Waals surface area (Å²) in [7, 11) is 1.72. The first-order valence-electron chi connectivity index (χ1n) is 11.9. The summed E-state index contributed by atoms with van der Waals surface area (Å²) >= 11 is 0. The van der Waals surface area contributed by atoms with Gasteiger partial charge in [0, 0.05) is 25.3 Å². The Morgan fingerprint density at radius 2 is 1.67 bits per heavy atom. The lowest BCUT2D eigenvalue weighted by Gasteiger charge is -2.28. The lowest BCUT2D eigenvalue weighted by Crippen LogP contribution is -2.29. The highest BCUT2D eigenvalue weighted by Crippen LogP contribution is 2.25. The third-order valence-corrected chi connectivity index (χ3v) is 6.50. The van der Waals surface area contributed by atoms with Crippen molar-refractivity contribution in [3.05, 3.63) is 89.7 Å². The van der Waals surface area contributed by atoms with E-state index >= 15 is 0 Å². The summed E-state index contributed by atoms with van der Waals surface area (Å²) in [6.07, 6.45) is 5.76. The van der Waals surface area contributed by atoms with E-state index in [-0.39, 0.29) is 0 Å². The zero-order valence-corrected chi connectivity index (χ0v) is 19.3. The van der Waals surface area contributed by atoms with Crippen molar-refractivity contribution in [2.75, 3.05) is 25.1 Å². The van der Waals surface area contributed by atoms with Crippen molar-refractivity contribution in [1.82, 2.24) is 14.9 Å². The number of fused-ring (bicyclic) bond motifs is 1.